The van der Waals surface area contributed by atoms with Crippen LogP contribution in [0.3, 0.4) is 0 Å². The Morgan fingerprint density at radius 3 is 2.22 bits per heavy atom. The molecule has 1 aromatic carbocycles. The van der Waals surface area contributed by atoms with Gasteiger partial charge in [0.15, 0.2) is 0 Å². The van der Waals surface area contributed by atoms with Gasteiger partial charge in [-0.3, -0.25) is 14.6 Å². The molecule has 0 radical (unpaired) electrons. The first-order chi connectivity index (χ1) is 13.0. The Morgan fingerprint density at radius 1 is 0.963 bits per heavy atom. The molecule has 0 bridgehead atoms. The van der Waals surface area contributed by atoms with Crippen molar-refractivity contribution >= 4 is 11.8 Å². The molecule has 6 heteroatoms. The Labute approximate surface area is 159 Å². The van der Waals surface area contributed by atoms with Crippen molar-refractivity contribution in [2.75, 3.05) is 33.3 Å². The van der Waals surface area contributed by atoms with Crippen molar-refractivity contribution in [3.8, 4) is 5.75 Å². The van der Waals surface area contributed by atoms with E-state index in [0.29, 0.717) is 38.2 Å². The van der Waals surface area contributed by atoms with Crippen LogP contribution in [0.25, 0.3) is 0 Å². The lowest BCUT2D eigenvalue weighted by Gasteiger charge is -2.35. The van der Waals surface area contributed by atoms with Crippen LogP contribution in [0, 0.1) is 13.8 Å². The fourth-order valence-corrected chi connectivity index (χ4v) is 3.38. The van der Waals surface area contributed by atoms with Gasteiger partial charge in [0.25, 0.3) is 5.91 Å². The second kappa shape index (κ2) is 8.20. The summed E-state index contributed by atoms with van der Waals surface area (Å²) in [6.07, 6.45) is 3.60. The van der Waals surface area contributed by atoms with Crippen LogP contribution in [-0.2, 0) is 11.2 Å². The standard InChI is InChI=1S/C21H25N3O3/c1-15-16(2)19(27-3)5-4-18(15)14-20(25)23-10-12-24(13-11-23)21(26)17-6-8-22-9-7-17/h4-9H,10-14H2,1-3H3. The maximum Gasteiger partial charge on any atom is 0.254 e. The third-order valence-corrected chi connectivity index (χ3v) is 5.26. The van der Waals surface area contributed by atoms with E-state index in [1.807, 2.05) is 30.9 Å². The van der Waals surface area contributed by atoms with Crippen LogP contribution in [0.15, 0.2) is 36.7 Å². The number of carbonyl (C=O) groups excluding carboxylic acids is 2. The van der Waals surface area contributed by atoms with Crippen molar-refractivity contribution in [3.63, 3.8) is 0 Å². The normalized spacial score (nSPS) is 14.2. The van der Waals surface area contributed by atoms with E-state index in [2.05, 4.69) is 4.98 Å². The summed E-state index contributed by atoms with van der Waals surface area (Å²) < 4.78 is 5.34. The van der Waals surface area contributed by atoms with E-state index in [1.54, 1.807) is 36.5 Å². The van der Waals surface area contributed by atoms with Crippen molar-refractivity contribution in [2.45, 2.75) is 20.3 Å². The Bertz CT molecular complexity index is 828. The summed E-state index contributed by atoms with van der Waals surface area (Å²) in [5.74, 6) is 0.928. The summed E-state index contributed by atoms with van der Waals surface area (Å²) in [5.41, 5.74) is 3.81. The molecule has 1 aliphatic rings. The molecule has 0 N–H and O–H groups in total. The smallest absolute Gasteiger partial charge is 0.254 e. The topological polar surface area (TPSA) is 62.7 Å². The van der Waals surface area contributed by atoms with E-state index in [9.17, 15) is 9.59 Å². The van der Waals surface area contributed by atoms with Crippen molar-refractivity contribution in [1.82, 2.24) is 14.8 Å². The minimum absolute atomic E-state index is 0.00822. The molecule has 27 heavy (non-hydrogen) atoms. The molecular formula is C21H25N3O3. The highest BCUT2D eigenvalue weighted by molar-refractivity contribution is 5.94. The zero-order chi connectivity index (χ0) is 19.4. The van der Waals surface area contributed by atoms with Crippen LogP contribution in [0.4, 0.5) is 0 Å². The van der Waals surface area contributed by atoms with Gasteiger partial charge in [0.05, 0.1) is 13.5 Å². The molecule has 1 fully saturated rings. The van der Waals surface area contributed by atoms with Gasteiger partial charge in [0, 0.05) is 44.1 Å². The first kappa shape index (κ1) is 18.9. The minimum Gasteiger partial charge on any atom is -0.496 e. The molecule has 1 aliphatic heterocycles. The number of aromatic nitrogens is 1. The molecule has 3 rings (SSSR count). The van der Waals surface area contributed by atoms with Gasteiger partial charge < -0.3 is 14.5 Å². The largest absolute Gasteiger partial charge is 0.496 e. The van der Waals surface area contributed by atoms with E-state index >= 15 is 0 Å². The number of amides is 2. The minimum atomic E-state index is -0.00822. The van der Waals surface area contributed by atoms with Gasteiger partial charge in [0.1, 0.15) is 5.75 Å². The van der Waals surface area contributed by atoms with Gasteiger partial charge in [-0.1, -0.05) is 6.07 Å². The number of nitrogens with zero attached hydrogens (tertiary/aromatic N) is 3. The first-order valence-corrected chi connectivity index (χ1v) is 9.11. The molecule has 142 valence electrons. The Hall–Kier alpha value is -2.89. The number of methoxy groups -OCH3 is 1. The Morgan fingerprint density at radius 2 is 1.59 bits per heavy atom. The van der Waals surface area contributed by atoms with Crippen LogP contribution >= 0.6 is 0 Å². The maximum absolute atomic E-state index is 12.7. The number of hydrogen-bond donors (Lipinski definition) is 0. The van der Waals surface area contributed by atoms with Crippen LogP contribution in [-0.4, -0.2) is 59.9 Å². The van der Waals surface area contributed by atoms with E-state index in [4.69, 9.17) is 4.74 Å². The number of ether oxygens (including phenoxy) is 1. The highest BCUT2D eigenvalue weighted by atomic mass is 16.5. The van der Waals surface area contributed by atoms with Crippen LogP contribution in [0.2, 0.25) is 0 Å². The number of pyridine rings is 1. The Kier molecular flexibility index (Phi) is 5.74. The summed E-state index contributed by atoms with van der Waals surface area (Å²) in [6.45, 7) is 6.24. The lowest BCUT2D eigenvalue weighted by atomic mass is 9.99. The summed E-state index contributed by atoms with van der Waals surface area (Å²) >= 11 is 0. The molecule has 2 aromatic rings. The molecule has 1 saturated heterocycles. The van der Waals surface area contributed by atoms with Gasteiger partial charge in [0.2, 0.25) is 5.91 Å². The van der Waals surface area contributed by atoms with E-state index in [0.717, 1.165) is 22.4 Å². The number of carbonyl (C=O) groups is 2. The molecule has 0 unspecified atom stereocenters. The third-order valence-electron chi connectivity index (χ3n) is 5.26. The third kappa shape index (κ3) is 4.10. The van der Waals surface area contributed by atoms with E-state index < -0.39 is 0 Å². The highest BCUT2D eigenvalue weighted by Crippen LogP contribution is 2.24. The fourth-order valence-electron chi connectivity index (χ4n) is 3.38. The van der Waals surface area contributed by atoms with Crippen molar-refractivity contribution in [2.24, 2.45) is 0 Å². The number of piperazine rings is 1. The van der Waals surface area contributed by atoms with Crippen LogP contribution in [0.1, 0.15) is 27.0 Å². The van der Waals surface area contributed by atoms with E-state index in [1.165, 1.54) is 0 Å². The lowest BCUT2D eigenvalue weighted by molar-refractivity contribution is -0.131. The highest BCUT2D eigenvalue weighted by Gasteiger charge is 2.25. The average molecular weight is 367 g/mol. The van der Waals surface area contributed by atoms with Gasteiger partial charge >= 0.3 is 0 Å². The SMILES string of the molecule is COc1ccc(CC(=O)N2CCN(C(=O)c3ccncc3)CC2)c(C)c1C. The van der Waals surface area contributed by atoms with Crippen LogP contribution in [0.5, 0.6) is 5.75 Å². The molecule has 0 saturated carbocycles. The first-order valence-electron chi connectivity index (χ1n) is 9.11. The molecule has 2 heterocycles. The summed E-state index contributed by atoms with van der Waals surface area (Å²) in [4.78, 5) is 32.8. The zero-order valence-electron chi connectivity index (χ0n) is 16.1. The number of hydrogen-bond acceptors (Lipinski definition) is 4. The van der Waals surface area contributed by atoms with Gasteiger partial charge in [-0.15, -0.1) is 0 Å². The molecule has 6 nitrogen and oxygen atoms in total. The lowest BCUT2D eigenvalue weighted by Crippen LogP contribution is -2.51. The van der Waals surface area contributed by atoms with Crippen molar-refractivity contribution in [3.05, 3.63) is 58.9 Å². The second-order valence-electron chi connectivity index (χ2n) is 6.76. The second-order valence-corrected chi connectivity index (χ2v) is 6.76. The fraction of sp³-hybridized carbons (Fsp3) is 0.381. The molecule has 0 aliphatic carbocycles. The molecular weight excluding hydrogens is 342 g/mol. The summed E-state index contributed by atoms with van der Waals surface area (Å²) in [7, 11) is 1.65. The van der Waals surface area contributed by atoms with Gasteiger partial charge in [-0.05, 0) is 48.7 Å². The van der Waals surface area contributed by atoms with E-state index in [-0.39, 0.29) is 11.8 Å². The maximum atomic E-state index is 12.7. The summed E-state index contributed by atoms with van der Waals surface area (Å²) in [5, 5.41) is 0. The predicted octanol–water partition coefficient (Wildman–Crippen LogP) is 2.23. The molecule has 2 amide bonds. The van der Waals surface area contributed by atoms with Crippen LogP contribution < -0.4 is 4.74 Å². The molecule has 1 aromatic heterocycles. The Balaban J connectivity index is 1.59. The monoisotopic (exact) mass is 367 g/mol. The van der Waals surface area contributed by atoms with Gasteiger partial charge in [-0.2, -0.15) is 0 Å². The van der Waals surface area contributed by atoms with Crippen molar-refractivity contribution < 1.29 is 14.3 Å². The van der Waals surface area contributed by atoms with Crippen molar-refractivity contribution in [1.29, 1.82) is 0 Å². The van der Waals surface area contributed by atoms with Gasteiger partial charge in [-0.25, -0.2) is 0 Å². The average Bonchev–Trinajstić information content (AvgIpc) is 2.72. The molecule has 0 spiro atoms. The number of benzene rings is 1. The quantitative estimate of drug-likeness (QED) is 0.831. The molecule has 0 atom stereocenters. The zero-order valence-corrected chi connectivity index (χ0v) is 16.1. The summed E-state index contributed by atoms with van der Waals surface area (Å²) in [6, 6.07) is 7.31. The number of rotatable bonds is 4. The predicted molar refractivity (Wildman–Crippen MR) is 103 cm³/mol.